The van der Waals surface area contributed by atoms with Gasteiger partial charge in [-0.05, 0) is 43.1 Å². The van der Waals surface area contributed by atoms with Gasteiger partial charge in [-0.25, -0.2) is 0 Å². The van der Waals surface area contributed by atoms with Crippen molar-refractivity contribution in [3.8, 4) is 0 Å². The molecule has 2 saturated carbocycles. The van der Waals surface area contributed by atoms with Crippen LogP contribution in [0.2, 0.25) is 0 Å². The van der Waals surface area contributed by atoms with Crippen molar-refractivity contribution in [1.82, 2.24) is 0 Å². The Labute approximate surface area is 139 Å². The molecule has 1 amide bonds. The van der Waals surface area contributed by atoms with E-state index in [9.17, 15) is 19.7 Å². The molecule has 2 fully saturated rings. The summed E-state index contributed by atoms with van der Waals surface area (Å²) < 4.78 is 5.04. The van der Waals surface area contributed by atoms with Crippen LogP contribution in [0.4, 0.5) is 11.4 Å². The molecular weight excluding hydrogens is 312 g/mol. The highest BCUT2D eigenvalue weighted by atomic mass is 16.6. The van der Waals surface area contributed by atoms with E-state index in [0.717, 1.165) is 12.3 Å². The van der Waals surface area contributed by atoms with Gasteiger partial charge in [0.15, 0.2) is 6.61 Å². The summed E-state index contributed by atoms with van der Waals surface area (Å²) >= 11 is 0. The molecule has 128 valence electrons. The van der Waals surface area contributed by atoms with Crippen LogP contribution in [-0.2, 0) is 14.3 Å². The summed E-state index contributed by atoms with van der Waals surface area (Å²) in [5, 5.41) is 13.2. The van der Waals surface area contributed by atoms with Crippen LogP contribution in [0.5, 0.6) is 0 Å². The molecule has 24 heavy (non-hydrogen) atoms. The Morgan fingerprint density at radius 1 is 1.29 bits per heavy atom. The Morgan fingerprint density at radius 2 is 2.12 bits per heavy atom. The Bertz CT molecular complexity index is 660. The summed E-state index contributed by atoms with van der Waals surface area (Å²) in [6.45, 7) is -0.373. The summed E-state index contributed by atoms with van der Waals surface area (Å²) in [5.74, 6) is 0.959. The molecule has 2 bridgehead atoms. The number of ether oxygens (including phenoxy) is 1. The quantitative estimate of drug-likeness (QED) is 0.490. The van der Waals surface area contributed by atoms with E-state index in [1.165, 1.54) is 37.5 Å². The SMILES string of the molecule is O=C(COC(=O)C[C@H]1C[C@@H]2CC[C@@H]1C2)Nc1cccc([N+](=O)[O-])c1. The number of hydrogen-bond acceptors (Lipinski definition) is 5. The third-order valence-electron chi connectivity index (χ3n) is 5.02. The average Bonchev–Trinajstić information content (AvgIpc) is 3.16. The highest BCUT2D eigenvalue weighted by Crippen LogP contribution is 2.49. The molecule has 3 atom stereocenters. The van der Waals surface area contributed by atoms with Crippen molar-refractivity contribution in [3.63, 3.8) is 0 Å². The fraction of sp³-hybridized carbons (Fsp3) is 0.529. The molecule has 0 aromatic heterocycles. The molecule has 1 N–H and O–H groups in total. The Hall–Kier alpha value is -2.44. The van der Waals surface area contributed by atoms with Crippen LogP contribution in [0.3, 0.4) is 0 Å². The van der Waals surface area contributed by atoms with E-state index in [1.807, 2.05) is 0 Å². The van der Waals surface area contributed by atoms with Crippen molar-refractivity contribution < 1.29 is 19.2 Å². The number of esters is 1. The number of fused-ring (bicyclic) bond motifs is 2. The van der Waals surface area contributed by atoms with Gasteiger partial charge in [-0.1, -0.05) is 12.5 Å². The molecule has 0 radical (unpaired) electrons. The van der Waals surface area contributed by atoms with E-state index in [0.29, 0.717) is 23.9 Å². The molecule has 3 rings (SSSR count). The van der Waals surface area contributed by atoms with Crippen LogP contribution in [0.25, 0.3) is 0 Å². The highest BCUT2D eigenvalue weighted by molar-refractivity contribution is 5.93. The maximum absolute atomic E-state index is 11.9. The fourth-order valence-corrected chi connectivity index (χ4v) is 3.94. The lowest BCUT2D eigenvalue weighted by Crippen LogP contribution is -2.23. The lowest BCUT2D eigenvalue weighted by atomic mass is 9.86. The van der Waals surface area contributed by atoms with Crippen LogP contribution >= 0.6 is 0 Å². The monoisotopic (exact) mass is 332 g/mol. The zero-order valence-electron chi connectivity index (χ0n) is 13.3. The summed E-state index contributed by atoms with van der Waals surface area (Å²) in [5.41, 5.74) is 0.194. The minimum atomic E-state index is -0.537. The van der Waals surface area contributed by atoms with Crippen LogP contribution in [0, 0.1) is 27.9 Å². The van der Waals surface area contributed by atoms with Crippen molar-refractivity contribution in [2.45, 2.75) is 32.1 Å². The number of non-ortho nitro benzene ring substituents is 1. The highest BCUT2D eigenvalue weighted by Gasteiger charge is 2.40. The predicted molar refractivity (Wildman–Crippen MR) is 86.2 cm³/mol. The van der Waals surface area contributed by atoms with Crippen LogP contribution < -0.4 is 5.32 Å². The molecule has 7 heteroatoms. The predicted octanol–water partition coefficient (Wildman–Crippen LogP) is 2.90. The van der Waals surface area contributed by atoms with Crippen molar-refractivity contribution in [2.75, 3.05) is 11.9 Å². The summed E-state index contributed by atoms with van der Waals surface area (Å²) in [6.07, 6.45) is 5.19. The molecule has 7 nitrogen and oxygen atoms in total. The maximum atomic E-state index is 11.9. The largest absolute Gasteiger partial charge is 0.456 e. The first-order valence-electron chi connectivity index (χ1n) is 8.21. The van der Waals surface area contributed by atoms with Gasteiger partial charge in [-0.15, -0.1) is 0 Å². The number of amides is 1. The summed E-state index contributed by atoms with van der Waals surface area (Å²) in [6, 6.07) is 5.62. The third kappa shape index (κ3) is 3.90. The first-order valence-corrected chi connectivity index (χ1v) is 8.21. The second-order valence-electron chi connectivity index (χ2n) is 6.66. The first-order chi connectivity index (χ1) is 11.5. The zero-order chi connectivity index (χ0) is 17.1. The van der Waals surface area contributed by atoms with Crippen LogP contribution in [0.15, 0.2) is 24.3 Å². The van der Waals surface area contributed by atoms with E-state index in [4.69, 9.17) is 4.74 Å². The standard InChI is InChI=1S/C17H20N2O5/c20-16(18-14-2-1-3-15(9-14)19(22)23)10-24-17(21)8-13-7-11-4-5-12(13)6-11/h1-3,9,11-13H,4-8,10H2,(H,18,20)/t11-,12-,13-/m1/s1. The number of nitro benzene ring substituents is 1. The number of rotatable bonds is 6. The molecule has 0 heterocycles. The number of nitrogens with zero attached hydrogens (tertiary/aromatic N) is 1. The van der Waals surface area contributed by atoms with Gasteiger partial charge in [-0.2, -0.15) is 0 Å². The second kappa shape index (κ2) is 6.98. The van der Waals surface area contributed by atoms with E-state index >= 15 is 0 Å². The van der Waals surface area contributed by atoms with E-state index < -0.39 is 10.8 Å². The lowest BCUT2D eigenvalue weighted by molar-refractivity contribution is -0.384. The molecule has 0 unspecified atom stereocenters. The third-order valence-corrected chi connectivity index (χ3v) is 5.02. The van der Waals surface area contributed by atoms with Gasteiger partial charge in [0.05, 0.1) is 4.92 Å². The summed E-state index contributed by atoms with van der Waals surface area (Å²) in [7, 11) is 0. The Kier molecular flexibility index (Phi) is 4.78. The average molecular weight is 332 g/mol. The van der Waals surface area contributed by atoms with E-state index in [-0.39, 0.29) is 18.3 Å². The first kappa shape index (κ1) is 16.4. The van der Waals surface area contributed by atoms with Gasteiger partial charge >= 0.3 is 5.97 Å². The number of benzene rings is 1. The number of nitrogens with one attached hydrogen (secondary N) is 1. The minimum Gasteiger partial charge on any atom is -0.456 e. The lowest BCUT2D eigenvalue weighted by Gasteiger charge is -2.20. The molecular formula is C17H20N2O5. The van der Waals surface area contributed by atoms with Crippen molar-refractivity contribution in [2.24, 2.45) is 17.8 Å². The molecule has 0 aliphatic heterocycles. The molecule has 2 aliphatic carbocycles. The van der Waals surface area contributed by atoms with Crippen molar-refractivity contribution in [3.05, 3.63) is 34.4 Å². The molecule has 0 saturated heterocycles. The second-order valence-corrected chi connectivity index (χ2v) is 6.66. The van der Waals surface area contributed by atoms with Crippen LogP contribution in [-0.4, -0.2) is 23.4 Å². The topological polar surface area (TPSA) is 98.5 Å². The van der Waals surface area contributed by atoms with Crippen LogP contribution in [0.1, 0.15) is 32.1 Å². The summed E-state index contributed by atoms with van der Waals surface area (Å²) in [4.78, 5) is 33.8. The van der Waals surface area contributed by atoms with Crippen molar-refractivity contribution in [1.29, 1.82) is 0 Å². The molecule has 2 aliphatic rings. The number of carbonyl (C=O) groups excluding carboxylic acids is 2. The minimum absolute atomic E-state index is 0.110. The fourth-order valence-electron chi connectivity index (χ4n) is 3.94. The van der Waals surface area contributed by atoms with E-state index in [1.54, 1.807) is 6.07 Å². The maximum Gasteiger partial charge on any atom is 0.306 e. The number of nitro groups is 1. The van der Waals surface area contributed by atoms with Gasteiger partial charge in [0.1, 0.15) is 0 Å². The van der Waals surface area contributed by atoms with Gasteiger partial charge in [-0.3, -0.25) is 19.7 Å². The smallest absolute Gasteiger partial charge is 0.306 e. The number of hydrogen-bond donors (Lipinski definition) is 1. The molecule has 1 aromatic rings. The number of anilines is 1. The number of carbonyl (C=O) groups is 2. The molecule has 0 spiro atoms. The van der Waals surface area contributed by atoms with Gasteiger partial charge in [0, 0.05) is 24.2 Å². The van der Waals surface area contributed by atoms with Gasteiger partial charge < -0.3 is 10.1 Å². The Balaban J connectivity index is 1.43. The normalized spacial score (nSPS) is 24.6. The van der Waals surface area contributed by atoms with E-state index in [2.05, 4.69) is 5.32 Å². The van der Waals surface area contributed by atoms with Gasteiger partial charge in [0.2, 0.25) is 0 Å². The van der Waals surface area contributed by atoms with Crippen molar-refractivity contribution >= 4 is 23.3 Å². The zero-order valence-corrected chi connectivity index (χ0v) is 13.3. The van der Waals surface area contributed by atoms with Gasteiger partial charge in [0.25, 0.3) is 11.6 Å². The Morgan fingerprint density at radius 3 is 2.79 bits per heavy atom. The molecule has 1 aromatic carbocycles.